The molecule has 1 amide bonds. The highest BCUT2D eigenvalue weighted by molar-refractivity contribution is 6.06. The number of benzene rings is 3. The van der Waals surface area contributed by atoms with Gasteiger partial charge in [0.25, 0.3) is 5.91 Å². The van der Waals surface area contributed by atoms with Crippen LogP contribution in [0.5, 0.6) is 11.5 Å². The Kier molecular flexibility index (Phi) is 8.21. The summed E-state index contributed by atoms with van der Waals surface area (Å²) in [5.41, 5.74) is 4.09. The molecule has 0 saturated carbocycles. The van der Waals surface area contributed by atoms with Crippen molar-refractivity contribution in [2.24, 2.45) is 0 Å². The number of para-hydroxylation sites is 1. The molecule has 0 bridgehead atoms. The van der Waals surface area contributed by atoms with Crippen LogP contribution in [0.4, 0.5) is 5.69 Å². The highest BCUT2D eigenvalue weighted by Crippen LogP contribution is 2.27. The number of nitrogens with zero attached hydrogens (tertiary/aromatic N) is 2. The van der Waals surface area contributed by atoms with Crippen molar-refractivity contribution < 1.29 is 14.3 Å². The van der Waals surface area contributed by atoms with Crippen LogP contribution in [0, 0.1) is 0 Å². The fourth-order valence-corrected chi connectivity index (χ4v) is 4.55. The van der Waals surface area contributed by atoms with Crippen molar-refractivity contribution in [3.8, 4) is 11.5 Å². The van der Waals surface area contributed by atoms with Gasteiger partial charge in [-0.2, -0.15) is 0 Å². The predicted molar refractivity (Wildman–Crippen MR) is 137 cm³/mol. The van der Waals surface area contributed by atoms with Gasteiger partial charge in [-0.05, 0) is 66.9 Å². The molecule has 5 heteroatoms. The van der Waals surface area contributed by atoms with E-state index < -0.39 is 0 Å². The van der Waals surface area contributed by atoms with Crippen molar-refractivity contribution in [1.82, 2.24) is 4.90 Å². The summed E-state index contributed by atoms with van der Waals surface area (Å²) in [7, 11) is 3.32. The second-order valence-electron chi connectivity index (χ2n) is 8.79. The van der Waals surface area contributed by atoms with Gasteiger partial charge in [-0.25, -0.2) is 0 Å². The van der Waals surface area contributed by atoms with Gasteiger partial charge in [0.1, 0.15) is 11.5 Å². The van der Waals surface area contributed by atoms with Crippen LogP contribution in [0.25, 0.3) is 0 Å². The SMILES string of the molecule is COc1ccc(CN2CCCCCCN(C(=O)c3cccc(OC)c3)c3ccccc3C2)cc1. The first kappa shape index (κ1) is 23.8. The third kappa shape index (κ3) is 5.97. The van der Waals surface area contributed by atoms with E-state index in [9.17, 15) is 4.79 Å². The number of hydrogen-bond acceptors (Lipinski definition) is 4. The molecule has 0 saturated heterocycles. The Hall–Kier alpha value is -3.31. The number of ether oxygens (including phenoxy) is 2. The van der Waals surface area contributed by atoms with Crippen LogP contribution in [0.2, 0.25) is 0 Å². The molecule has 0 aliphatic carbocycles. The lowest BCUT2D eigenvalue weighted by atomic mass is 10.1. The monoisotopic (exact) mass is 458 g/mol. The first-order valence-corrected chi connectivity index (χ1v) is 12.1. The zero-order valence-corrected chi connectivity index (χ0v) is 20.2. The minimum atomic E-state index is 0.0206. The van der Waals surface area contributed by atoms with Gasteiger partial charge in [0, 0.05) is 30.9 Å². The number of carbonyl (C=O) groups excluding carboxylic acids is 1. The third-order valence-corrected chi connectivity index (χ3v) is 6.41. The van der Waals surface area contributed by atoms with Gasteiger partial charge in [0.05, 0.1) is 14.2 Å². The maximum absolute atomic E-state index is 13.7. The molecule has 0 unspecified atom stereocenters. The van der Waals surface area contributed by atoms with Crippen molar-refractivity contribution in [3.05, 3.63) is 89.5 Å². The first-order chi connectivity index (χ1) is 16.7. The Balaban J connectivity index is 1.62. The summed E-state index contributed by atoms with van der Waals surface area (Å²) in [6.45, 7) is 3.40. The van der Waals surface area contributed by atoms with Crippen LogP contribution in [0.1, 0.15) is 47.2 Å². The van der Waals surface area contributed by atoms with Crippen LogP contribution in [-0.4, -0.2) is 38.1 Å². The van der Waals surface area contributed by atoms with Crippen LogP contribution < -0.4 is 14.4 Å². The van der Waals surface area contributed by atoms with Gasteiger partial charge in [-0.15, -0.1) is 0 Å². The summed E-state index contributed by atoms with van der Waals surface area (Å²) in [5.74, 6) is 1.59. The van der Waals surface area contributed by atoms with E-state index in [0.717, 1.165) is 56.8 Å². The van der Waals surface area contributed by atoms with Gasteiger partial charge in [0.2, 0.25) is 0 Å². The molecule has 34 heavy (non-hydrogen) atoms. The molecule has 4 rings (SSSR count). The number of hydrogen-bond donors (Lipinski definition) is 0. The Labute approximate surface area is 202 Å². The predicted octanol–water partition coefficient (Wildman–Crippen LogP) is 5.93. The van der Waals surface area contributed by atoms with E-state index in [-0.39, 0.29) is 5.91 Å². The smallest absolute Gasteiger partial charge is 0.258 e. The van der Waals surface area contributed by atoms with Crippen LogP contribution in [-0.2, 0) is 13.1 Å². The Morgan fingerprint density at radius 1 is 0.794 bits per heavy atom. The highest BCUT2D eigenvalue weighted by atomic mass is 16.5. The topological polar surface area (TPSA) is 42.0 Å². The van der Waals surface area contributed by atoms with Crippen molar-refractivity contribution in [2.45, 2.75) is 38.8 Å². The number of fused-ring (bicyclic) bond motifs is 1. The average Bonchev–Trinajstić information content (AvgIpc) is 2.92. The van der Waals surface area contributed by atoms with Gasteiger partial charge in [-0.3, -0.25) is 9.69 Å². The molecule has 1 aliphatic heterocycles. The van der Waals surface area contributed by atoms with Gasteiger partial charge < -0.3 is 14.4 Å². The van der Waals surface area contributed by atoms with Gasteiger partial charge in [0.15, 0.2) is 0 Å². The summed E-state index contributed by atoms with van der Waals surface area (Å²) in [4.78, 5) is 18.1. The lowest BCUT2D eigenvalue weighted by molar-refractivity contribution is 0.0986. The molecule has 0 spiro atoms. The molecular weight excluding hydrogens is 424 g/mol. The molecule has 0 N–H and O–H groups in total. The molecule has 1 aliphatic rings. The maximum Gasteiger partial charge on any atom is 0.258 e. The highest BCUT2D eigenvalue weighted by Gasteiger charge is 2.22. The summed E-state index contributed by atoms with van der Waals surface area (Å²) < 4.78 is 10.7. The standard InChI is InChI=1S/C29H34N2O3/c1-33-26-16-14-23(15-17-26)21-30-18-7-3-4-8-19-31(28-13-6-5-10-25(28)22-30)29(32)24-11-9-12-27(20-24)34-2/h5-6,9-17,20H,3-4,7-8,18-19,21-22H2,1-2H3. The molecular formula is C29H34N2O3. The van der Waals surface area contributed by atoms with E-state index in [1.807, 2.05) is 47.4 Å². The van der Waals surface area contributed by atoms with E-state index in [1.54, 1.807) is 14.2 Å². The molecule has 0 radical (unpaired) electrons. The lowest BCUT2D eigenvalue weighted by Crippen LogP contribution is -2.33. The van der Waals surface area contributed by atoms with Crippen molar-refractivity contribution in [1.29, 1.82) is 0 Å². The number of methoxy groups -OCH3 is 2. The minimum Gasteiger partial charge on any atom is -0.497 e. The number of amides is 1. The van der Waals surface area contributed by atoms with Crippen LogP contribution >= 0.6 is 0 Å². The second kappa shape index (κ2) is 11.7. The maximum atomic E-state index is 13.7. The minimum absolute atomic E-state index is 0.0206. The molecule has 3 aromatic rings. The zero-order valence-electron chi connectivity index (χ0n) is 20.2. The third-order valence-electron chi connectivity index (χ3n) is 6.41. The Morgan fingerprint density at radius 3 is 2.29 bits per heavy atom. The average molecular weight is 459 g/mol. The lowest BCUT2D eigenvalue weighted by Gasteiger charge is -2.28. The second-order valence-corrected chi connectivity index (χ2v) is 8.79. The van der Waals surface area contributed by atoms with Crippen LogP contribution in [0.3, 0.4) is 0 Å². The molecule has 0 aromatic heterocycles. The van der Waals surface area contributed by atoms with Gasteiger partial charge in [-0.1, -0.05) is 49.2 Å². The van der Waals surface area contributed by atoms with Crippen molar-refractivity contribution in [3.63, 3.8) is 0 Å². The molecule has 0 atom stereocenters. The van der Waals surface area contributed by atoms with E-state index in [4.69, 9.17) is 9.47 Å². The largest absolute Gasteiger partial charge is 0.497 e. The molecule has 5 nitrogen and oxygen atoms in total. The van der Waals surface area contributed by atoms with E-state index in [0.29, 0.717) is 17.9 Å². The Morgan fingerprint density at radius 2 is 1.53 bits per heavy atom. The fraction of sp³-hybridized carbons (Fsp3) is 0.345. The van der Waals surface area contributed by atoms with Crippen LogP contribution in [0.15, 0.2) is 72.8 Å². The molecule has 0 fully saturated rings. The Bertz CT molecular complexity index is 1080. The normalized spacial score (nSPS) is 15.2. The summed E-state index contributed by atoms with van der Waals surface area (Å²) in [6.07, 6.45) is 4.42. The zero-order chi connectivity index (χ0) is 23.8. The van der Waals surface area contributed by atoms with Crippen molar-refractivity contribution in [2.75, 3.05) is 32.2 Å². The quantitative estimate of drug-likeness (QED) is 0.475. The van der Waals surface area contributed by atoms with E-state index in [2.05, 4.69) is 35.2 Å². The fourth-order valence-electron chi connectivity index (χ4n) is 4.55. The molecule has 3 aromatic carbocycles. The van der Waals surface area contributed by atoms with E-state index >= 15 is 0 Å². The molecule has 178 valence electrons. The van der Waals surface area contributed by atoms with Crippen molar-refractivity contribution >= 4 is 11.6 Å². The van der Waals surface area contributed by atoms with Gasteiger partial charge >= 0.3 is 0 Å². The summed E-state index contributed by atoms with van der Waals surface area (Å²) in [6, 6.07) is 24.1. The van der Waals surface area contributed by atoms with E-state index in [1.165, 1.54) is 11.1 Å². The number of carbonyl (C=O) groups is 1. The summed E-state index contributed by atoms with van der Waals surface area (Å²) >= 11 is 0. The first-order valence-electron chi connectivity index (χ1n) is 12.1. The molecule has 1 heterocycles. The summed E-state index contributed by atoms with van der Waals surface area (Å²) in [5, 5.41) is 0. The number of rotatable bonds is 5. The number of anilines is 1.